The van der Waals surface area contributed by atoms with Crippen molar-refractivity contribution in [3.8, 4) is 5.75 Å². The Morgan fingerprint density at radius 1 is 1.00 bits per heavy atom. The largest absolute Gasteiger partial charge is 0.475 e. The van der Waals surface area contributed by atoms with Gasteiger partial charge in [0.25, 0.3) is 0 Å². The molecule has 1 amide bonds. The van der Waals surface area contributed by atoms with Gasteiger partial charge < -0.3 is 9.64 Å². The molecule has 1 saturated heterocycles. The number of para-hydroxylation sites is 1. The lowest BCUT2D eigenvalue weighted by Gasteiger charge is -2.40. The van der Waals surface area contributed by atoms with Gasteiger partial charge in [0.05, 0.1) is 0 Å². The van der Waals surface area contributed by atoms with Crippen molar-refractivity contribution in [3.63, 3.8) is 0 Å². The first kappa shape index (κ1) is 20.4. The number of benzene rings is 3. The molecule has 0 aliphatic carbocycles. The summed E-state index contributed by atoms with van der Waals surface area (Å²) in [6.45, 7) is 5.88. The minimum atomic E-state index is -0.0104. The summed E-state index contributed by atoms with van der Waals surface area (Å²) in [6.07, 6.45) is 2.41. The lowest BCUT2D eigenvalue weighted by Crippen LogP contribution is -2.50. The molecule has 1 aliphatic heterocycles. The number of anilines is 1. The number of likely N-dealkylation sites (tertiary alicyclic amines) is 1. The van der Waals surface area contributed by atoms with Gasteiger partial charge in [0.2, 0.25) is 5.91 Å². The summed E-state index contributed by atoms with van der Waals surface area (Å²) >= 11 is 0. The van der Waals surface area contributed by atoms with Gasteiger partial charge in [0, 0.05) is 36.6 Å². The fourth-order valence-electron chi connectivity index (χ4n) is 4.38. The highest BCUT2D eigenvalue weighted by Gasteiger charge is 2.30. The van der Waals surface area contributed by atoms with E-state index in [1.807, 2.05) is 60.4 Å². The molecule has 4 nitrogen and oxygen atoms in total. The van der Waals surface area contributed by atoms with Gasteiger partial charge in [-0.05, 0) is 43.4 Å². The maximum Gasteiger partial charge on any atom is 0.226 e. The van der Waals surface area contributed by atoms with E-state index in [1.54, 1.807) is 0 Å². The first-order valence-electron chi connectivity index (χ1n) is 10.9. The zero-order valence-corrected chi connectivity index (χ0v) is 17.8. The van der Waals surface area contributed by atoms with E-state index in [9.17, 15) is 4.79 Å². The highest BCUT2D eigenvalue weighted by atomic mass is 16.5. The minimum absolute atomic E-state index is 0.0104. The summed E-state index contributed by atoms with van der Waals surface area (Å²) in [5, 5.41) is 2.34. The molecule has 0 spiro atoms. The predicted molar refractivity (Wildman–Crippen MR) is 123 cm³/mol. The number of ether oxygens (including phenoxy) is 1. The second-order valence-electron chi connectivity index (χ2n) is 7.91. The van der Waals surface area contributed by atoms with Gasteiger partial charge in [0.1, 0.15) is 12.0 Å². The molecule has 3 aromatic rings. The zero-order valence-electron chi connectivity index (χ0n) is 17.8. The summed E-state index contributed by atoms with van der Waals surface area (Å²) in [7, 11) is 0. The Labute approximate surface area is 179 Å². The van der Waals surface area contributed by atoms with E-state index in [-0.39, 0.29) is 18.2 Å². The zero-order chi connectivity index (χ0) is 20.9. The molecule has 30 heavy (non-hydrogen) atoms. The van der Waals surface area contributed by atoms with Gasteiger partial charge in [-0.1, -0.05) is 61.5 Å². The van der Waals surface area contributed by atoms with Crippen LogP contribution in [-0.4, -0.2) is 36.2 Å². The van der Waals surface area contributed by atoms with Crippen molar-refractivity contribution >= 4 is 22.4 Å². The van der Waals surface area contributed by atoms with Crippen molar-refractivity contribution in [3.05, 3.63) is 72.8 Å². The number of hydrogen-bond donors (Lipinski definition) is 0. The topological polar surface area (TPSA) is 32.8 Å². The van der Waals surface area contributed by atoms with Crippen LogP contribution in [0.3, 0.4) is 0 Å². The molecule has 156 valence electrons. The van der Waals surface area contributed by atoms with Gasteiger partial charge in [-0.15, -0.1) is 0 Å². The fourth-order valence-corrected chi connectivity index (χ4v) is 4.38. The predicted octanol–water partition coefficient (Wildman–Crippen LogP) is 5.47. The van der Waals surface area contributed by atoms with Crippen LogP contribution >= 0.6 is 0 Å². The quantitative estimate of drug-likeness (QED) is 0.548. The molecule has 0 N–H and O–H groups in total. The molecule has 1 unspecified atom stereocenters. The number of nitrogens with zero attached hydrogens (tertiary/aromatic N) is 2. The highest BCUT2D eigenvalue weighted by Crippen LogP contribution is 2.29. The number of rotatable bonds is 6. The average Bonchev–Trinajstić information content (AvgIpc) is 2.80. The molecule has 1 fully saturated rings. The maximum absolute atomic E-state index is 12.7. The van der Waals surface area contributed by atoms with Crippen molar-refractivity contribution in [1.29, 1.82) is 0 Å². The number of fused-ring (bicyclic) bond motifs is 1. The second kappa shape index (κ2) is 9.31. The molecule has 0 saturated carbocycles. The third-order valence-corrected chi connectivity index (χ3v) is 6.03. The lowest BCUT2D eigenvalue weighted by atomic mass is 10.0. The first-order valence-corrected chi connectivity index (χ1v) is 10.9. The Hall–Kier alpha value is -2.85. The normalized spacial score (nSPS) is 16.3. The van der Waals surface area contributed by atoms with Crippen LogP contribution in [0.4, 0.5) is 5.69 Å². The van der Waals surface area contributed by atoms with Gasteiger partial charge in [-0.3, -0.25) is 9.69 Å². The van der Waals surface area contributed by atoms with Crippen molar-refractivity contribution in [2.45, 2.75) is 45.4 Å². The van der Waals surface area contributed by atoms with Crippen LogP contribution in [0.1, 0.15) is 33.1 Å². The molecule has 1 heterocycles. The smallest absolute Gasteiger partial charge is 0.226 e. The lowest BCUT2D eigenvalue weighted by molar-refractivity contribution is -0.119. The van der Waals surface area contributed by atoms with Gasteiger partial charge in [-0.25, -0.2) is 0 Å². The molecule has 3 aromatic carbocycles. The fraction of sp³-hybridized carbons (Fsp3) is 0.346. The average molecular weight is 403 g/mol. The van der Waals surface area contributed by atoms with E-state index < -0.39 is 0 Å². The number of amides is 1. The van der Waals surface area contributed by atoms with Crippen LogP contribution in [0.25, 0.3) is 10.8 Å². The molecule has 0 bridgehead atoms. The molecule has 1 atom stereocenters. The number of carbonyl (C=O) groups excluding carboxylic acids is 1. The Balaban J connectivity index is 1.42. The highest BCUT2D eigenvalue weighted by molar-refractivity contribution is 5.93. The third kappa shape index (κ3) is 4.34. The van der Waals surface area contributed by atoms with E-state index in [4.69, 9.17) is 4.74 Å². The summed E-state index contributed by atoms with van der Waals surface area (Å²) < 4.78 is 6.36. The minimum Gasteiger partial charge on any atom is -0.475 e. The summed E-state index contributed by atoms with van der Waals surface area (Å²) in [5.74, 6) is 1.12. The number of piperidine rings is 1. The summed E-state index contributed by atoms with van der Waals surface area (Å²) in [4.78, 5) is 17.1. The Morgan fingerprint density at radius 2 is 1.67 bits per heavy atom. The number of hydrogen-bond acceptors (Lipinski definition) is 3. The van der Waals surface area contributed by atoms with Crippen LogP contribution in [-0.2, 0) is 4.79 Å². The molecular weight excluding hydrogens is 372 g/mol. The number of carbonyl (C=O) groups is 1. The van der Waals surface area contributed by atoms with Gasteiger partial charge in [-0.2, -0.15) is 0 Å². The van der Waals surface area contributed by atoms with E-state index in [0.717, 1.165) is 42.8 Å². The summed E-state index contributed by atoms with van der Waals surface area (Å²) in [6, 6.07) is 24.8. The van der Waals surface area contributed by atoms with Crippen molar-refractivity contribution in [2.75, 3.05) is 18.0 Å². The molecule has 1 aliphatic rings. The van der Waals surface area contributed by atoms with Gasteiger partial charge >= 0.3 is 0 Å². The monoisotopic (exact) mass is 402 g/mol. The SMILES string of the molecule is CCC(=O)N(c1ccccc1)C1CCN(C(C)Oc2cccc3ccccc23)CC1. The van der Waals surface area contributed by atoms with Crippen LogP contribution in [0, 0.1) is 0 Å². The second-order valence-corrected chi connectivity index (χ2v) is 7.91. The van der Waals surface area contributed by atoms with Gasteiger partial charge in [0.15, 0.2) is 0 Å². The molecular formula is C26H30N2O2. The van der Waals surface area contributed by atoms with Crippen molar-refractivity contribution in [1.82, 2.24) is 4.90 Å². The van der Waals surface area contributed by atoms with E-state index in [1.165, 1.54) is 5.39 Å². The molecule has 0 radical (unpaired) electrons. The standard InChI is InChI=1S/C26H30N2O2/c1-3-26(29)28(22-12-5-4-6-13-22)23-16-18-27(19-17-23)20(2)30-25-15-9-11-21-10-7-8-14-24(21)25/h4-15,20,23H,3,16-19H2,1-2H3. The Kier molecular flexibility index (Phi) is 6.34. The molecule has 4 rings (SSSR count). The van der Waals surface area contributed by atoms with Crippen LogP contribution < -0.4 is 9.64 Å². The van der Waals surface area contributed by atoms with E-state index in [0.29, 0.717) is 6.42 Å². The maximum atomic E-state index is 12.7. The van der Waals surface area contributed by atoms with Crippen LogP contribution in [0.2, 0.25) is 0 Å². The van der Waals surface area contributed by atoms with Crippen LogP contribution in [0.15, 0.2) is 72.8 Å². The van der Waals surface area contributed by atoms with Crippen molar-refractivity contribution < 1.29 is 9.53 Å². The first-order chi connectivity index (χ1) is 14.7. The third-order valence-electron chi connectivity index (χ3n) is 6.03. The molecule has 4 heteroatoms. The Morgan fingerprint density at radius 3 is 2.40 bits per heavy atom. The van der Waals surface area contributed by atoms with Crippen molar-refractivity contribution in [2.24, 2.45) is 0 Å². The molecule has 0 aromatic heterocycles. The summed E-state index contributed by atoms with van der Waals surface area (Å²) in [5.41, 5.74) is 1.00. The van der Waals surface area contributed by atoms with E-state index in [2.05, 4.69) is 36.1 Å². The van der Waals surface area contributed by atoms with E-state index >= 15 is 0 Å². The Bertz CT molecular complexity index is 975. The van der Waals surface area contributed by atoms with Crippen LogP contribution in [0.5, 0.6) is 5.75 Å².